The van der Waals surface area contributed by atoms with Crippen molar-refractivity contribution in [1.29, 1.82) is 0 Å². The summed E-state index contributed by atoms with van der Waals surface area (Å²) in [5.74, 6) is -0.0694. The molecular weight excluding hydrogens is 608 g/mol. The first kappa shape index (κ1) is 45.7. The minimum absolute atomic E-state index is 0.0317. The number of ether oxygens (including phenoxy) is 2. The van der Waals surface area contributed by atoms with Crippen LogP contribution in [0.4, 0.5) is 0 Å². The van der Waals surface area contributed by atoms with Crippen LogP contribution in [-0.2, 0) is 19.1 Å². The van der Waals surface area contributed by atoms with Gasteiger partial charge in [-0.05, 0) is 31.6 Å². The van der Waals surface area contributed by atoms with E-state index in [0.717, 1.165) is 50.9 Å². The molecule has 0 rings (SSSR count). The molecule has 0 aromatic rings. The van der Waals surface area contributed by atoms with Gasteiger partial charge in [0.1, 0.15) is 19.3 Å². The van der Waals surface area contributed by atoms with Gasteiger partial charge in [-0.15, -0.1) is 0 Å². The van der Waals surface area contributed by atoms with E-state index in [0.29, 0.717) is 12.8 Å². The maximum Gasteiger partial charge on any atom is 0.305 e. The maximum absolute atomic E-state index is 12.0. The third-order valence-electron chi connectivity index (χ3n) is 8.11. The lowest BCUT2D eigenvalue weighted by molar-refractivity contribution is -0.152. The summed E-state index contributed by atoms with van der Waals surface area (Å²) < 4.78 is 10.2. The molecule has 0 aliphatic carbocycles. The molecule has 8 nitrogen and oxygen atoms in total. The maximum atomic E-state index is 12.0. The Labute approximate surface area is 292 Å². The van der Waals surface area contributed by atoms with Crippen LogP contribution >= 0.6 is 0 Å². The average Bonchev–Trinajstić information content (AvgIpc) is 3.05. The number of carbonyl (C=O) groups excluding carboxylic acids is 2. The van der Waals surface area contributed by atoms with Crippen molar-refractivity contribution >= 4 is 11.9 Å². The number of rotatable bonds is 32. The normalized spacial score (nSPS) is 14.8. The molecule has 0 saturated heterocycles. The van der Waals surface area contributed by atoms with Gasteiger partial charge >= 0.3 is 11.9 Å². The van der Waals surface area contributed by atoms with Crippen molar-refractivity contribution in [1.82, 2.24) is 0 Å². The van der Waals surface area contributed by atoms with Gasteiger partial charge in [0.25, 0.3) is 0 Å². The largest absolute Gasteiger partial charge is 0.463 e. The number of carbonyl (C=O) groups is 2. The van der Waals surface area contributed by atoms with Gasteiger partial charge in [-0.1, -0.05) is 159 Å². The summed E-state index contributed by atoms with van der Waals surface area (Å²) in [5, 5.41) is 40.1. The van der Waals surface area contributed by atoms with E-state index >= 15 is 0 Å². The molecule has 0 aliphatic heterocycles. The summed E-state index contributed by atoms with van der Waals surface area (Å²) in [5.41, 5.74) is 0. The molecule has 0 aliphatic rings. The summed E-state index contributed by atoms with van der Waals surface area (Å²) in [7, 11) is 0. The molecule has 278 valence electrons. The van der Waals surface area contributed by atoms with Crippen LogP contribution in [-0.4, -0.2) is 70.0 Å². The first-order valence-corrected chi connectivity index (χ1v) is 18.9. The topological polar surface area (TPSA) is 134 Å². The molecule has 0 amide bonds. The predicted molar refractivity (Wildman–Crippen MR) is 195 cm³/mol. The van der Waals surface area contributed by atoms with Gasteiger partial charge in [0.05, 0.1) is 18.3 Å². The summed E-state index contributed by atoms with van der Waals surface area (Å²) in [6, 6.07) is 0. The molecule has 0 spiro atoms. The Morgan fingerprint density at radius 2 is 1.00 bits per heavy atom. The summed E-state index contributed by atoms with van der Waals surface area (Å²) in [6.45, 7) is 6.21. The van der Waals surface area contributed by atoms with E-state index in [1.54, 1.807) is 36.5 Å². The number of hydrogen-bond acceptors (Lipinski definition) is 8. The van der Waals surface area contributed by atoms with Crippen LogP contribution in [0.2, 0.25) is 0 Å². The average molecular weight is 679 g/mol. The highest BCUT2D eigenvalue weighted by atomic mass is 16.6. The SMILES string of the molecule is CCCCC[C@@H](O)/C=C/C=C\C=C\C=C\[C@@H](O)[C@H](O)CCCC(=O)OC[C@@H](O)COC(=O)CCCCCCCCCCCCCC(C)C. The van der Waals surface area contributed by atoms with Crippen molar-refractivity contribution in [2.24, 2.45) is 5.92 Å². The monoisotopic (exact) mass is 679 g/mol. The molecule has 0 heterocycles. The smallest absolute Gasteiger partial charge is 0.305 e. The van der Waals surface area contributed by atoms with Gasteiger partial charge in [0.2, 0.25) is 0 Å². The number of hydrogen-bond donors (Lipinski definition) is 4. The standard InChI is InChI=1S/C40H70O8/c1-4-5-19-26-35(41)27-21-16-13-14-17-22-28-37(43)38(44)29-24-31-40(46)48-33-36(42)32-47-39(45)30-23-18-12-10-8-6-7-9-11-15-20-25-34(2)3/h13-14,16-17,21-22,27-28,34-38,41-44H,4-12,15,18-20,23-26,29-33H2,1-3H3/b16-13-,17-14+,27-21+,28-22+/t35-,36+,37-,38-/m1/s1. The number of aliphatic hydroxyl groups excluding tert-OH is 4. The lowest BCUT2D eigenvalue weighted by Gasteiger charge is -2.14. The van der Waals surface area contributed by atoms with Crippen molar-refractivity contribution in [3.05, 3.63) is 48.6 Å². The molecule has 8 heteroatoms. The van der Waals surface area contributed by atoms with Crippen LogP contribution in [0.25, 0.3) is 0 Å². The lowest BCUT2D eigenvalue weighted by Crippen LogP contribution is -2.26. The van der Waals surface area contributed by atoms with E-state index < -0.39 is 30.4 Å². The predicted octanol–water partition coefficient (Wildman–Crippen LogP) is 8.22. The number of esters is 2. The Kier molecular flexibility index (Phi) is 31.7. The second-order valence-corrected chi connectivity index (χ2v) is 13.4. The van der Waals surface area contributed by atoms with Crippen molar-refractivity contribution in [3.8, 4) is 0 Å². The highest BCUT2D eigenvalue weighted by molar-refractivity contribution is 5.69. The van der Waals surface area contributed by atoms with E-state index in [2.05, 4.69) is 20.8 Å². The fourth-order valence-corrected chi connectivity index (χ4v) is 5.06. The van der Waals surface area contributed by atoms with Crippen LogP contribution in [0.15, 0.2) is 48.6 Å². The molecule has 4 N–H and O–H groups in total. The van der Waals surface area contributed by atoms with Crippen LogP contribution in [0.1, 0.15) is 149 Å². The molecule has 0 unspecified atom stereocenters. The molecule has 4 atom stereocenters. The summed E-state index contributed by atoms with van der Waals surface area (Å²) in [4.78, 5) is 23.9. The van der Waals surface area contributed by atoms with Crippen molar-refractivity contribution in [3.63, 3.8) is 0 Å². The molecule has 0 bridgehead atoms. The molecule has 0 aromatic heterocycles. The Morgan fingerprint density at radius 1 is 0.542 bits per heavy atom. The first-order valence-electron chi connectivity index (χ1n) is 18.9. The quantitative estimate of drug-likeness (QED) is 0.0318. The third kappa shape index (κ3) is 32.3. The van der Waals surface area contributed by atoms with E-state index in [1.165, 1.54) is 63.9 Å². The van der Waals surface area contributed by atoms with E-state index in [1.807, 2.05) is 6.08 Å². The first-order chi connectivity index (χ1) is 23.1. The minimum Gasteiger partial charge on any atom is -0.463 e. The van der Waals surface area contributed by atoms with Crippen molar-refractivity contribution in [2.45, 2.75) is 174 Å². The van der Waals surface area contributed by atoms with E-state index in [4.69, 9.17) is 9.47 Å². The van der Waals surface area contributed by atoms with Crippen LogP contribution < -0.4 is 0 Å². The van der Waals surface area contributed by atoms with E-state index in [9.17, 15) is 30.0 Å². The van der Waals surface area contributed by atoms with Crippen LogP contribution in [0, 0.1) is 5.92 Å². The Bertz CT molecular complexity index is 878. The molecule has 0 fully saturated rings. The zero-order valence-corrected chi connectivity index (χ0v) is 30.5. The second kappa shape index (κ2) is 33.2. The summed E-state index contributed by atoms with van der Waals surface area (Å²) >= 11 is 0. The summed E-state index contributed by atoms with van der Waals surface area (Å²) in [6.07, 6.45) is 29.7. The van der Waals surface area contributed by atoms with Crippen LogP contribution in [0.5, 0.6) is 0 Å². The van der Waals surface area contributed by atoms with Crippen molar-refractivity contribution < 1.29 is 39.5 Å². The number of aliphatic hydroxyl groups is 4. The van der Waals surface area contributed by atoms with Crippen LogP contribution in [0.3, 0.4) is 0 Å². The highest BCUT2D eigenvalue weighted by Crippen LogP contribution is 2.14. The van der Waals surface area contributed by atoms with Gasteiger partial charge in [0.15, 0.2) is 0 Å². The molecule has 0 saturated carbocycles. The third-order valence-corrected chi connectivity index (χ3v) is 8.11. The molecular formula is C40H70O8. The zero-order valence-electron chi connectivity index (χ0n) is 30.5. The highest BCUT2D eigenvalue weighted by Gasteiger charge is 2.15. The fraction of sp³-hybridized carbons (Fsp3) is 0.750. The fourth-order valence-electron chi connectivity index (χ4n) is 5.06. The van der Waals surface area contributed by atoms with E-state index in [-0.39, 0.29) is 32.0 Å². The second-order valence-electron chi connectivity index (χ2n) is 13.4. The Hall–Kier alpha value is -2.26. The zero-order chi connectivity index (χ0) is 35.7. The lowest BCUT2D eigenvalue weighted by atomic mass is 10.0. The minimum atomic E-state index is -1.09. The Morgan fingerprint density at radius 3 is 1.54 bits per heavy atom. The van der Waals surface area contributed by atoms with Gasteiger partial charge in [0, 0.05) is 12.8 Å². The molecule has 48 heavy (non-hydrogen) atoms. The van der Waals surface area contributed by atoms with Gasteiger partial charge < -0.3 is 29.9 Å². The number of allylic oxidation sites excluding steroid dienone is 6. The molecule has 0 aromatic carbocycles. The van der Waals surface area contributed by atoms with Gasteiger partial charge in [-0.2, -0.15) is 0 Å². The Balaban J connectivity index is 3.80. The number of unbranched alkanes of at least 4 members (excludes halogenated alkanes) is 12. The van der Waals surface area contributed by atoms with Gasteiger partial charge in [-0.3, -0.25) is 9.59 Å². The molecule has 0 radical (unpaired) electrons. The van der Waals surface area contributed by atoms with Crippen molar-refractivity contribution in [2.75, 3.05) is 13.2 Å². The van der Waals surface area contributed by atoms with Gasteiger partial charge in [-0.25, -0.2) is 0 Å².